The summed E-state index contributed by atoms with van der Waals surface area (Å²) in [4.78, 5) is 26.2. The molecule has 0 saturated carbocycles. The molecule has 1 heterocycles. The number of hydrogen-bond donors (Lipinski definition) is 2. The molecular weight excluding hydrogens is 386 g/mol. The van der Waals surface area contributed by atoms with Crippen molar-refractivity contribution in [1.82, 2.24) is 4.90 Å². The number of nitrogens with one attached hydrogen (secondary N) is 1. The monoisotopic (exact) mass is 413 g/mol. The lowest BCUT2D eigenvalue weighted by molar-refractivity contribution is -0.123. The SMILES string of the molecule is CS(=O)Cc1cccc(C(=O)Nc2ccc(CN3CCCC(C(N)=O)C3)cc2)c1. The Kier molecular flexibility index (Phi) is 7.17. The number of carbonyl (C=O) groups is 2. The van der Waals surface area contributed by atoms with Crippen molar-refractivity contribution in [2.75, 3.05) is 24.7 Å². The van der Waals surface area contributed by atoms with E-state index in [1.165, 1.54) is 0 Å². The van der Waals surface area contributed by atoms with Crippen molar-refractivity contribution in [1.29, 1.82) is 0 Å². The first-order chi connectivity index (χ1) is 13.9. The molecule has 3 N–H and O–H groups in total. The van der Waals surface area contributed by atoms with Crippen molar-refractivity contribution in [2.24, 2.45) is 11.7 Å². The molecule has 1 saturated heterocycles. The Bertz CT molecular complexity index is 898. The van der Waals surface area contributed by atoms with Crippen LogP contribution in [0.5, 0.6) is 0 Å². The van der Waals surface area contributed by atoms with Crippen LogP contribution in [0.4, 0.5) is 5.69 Å². The first-order valence-corrected chi connectivity index (χ1v) is 11.4. The first kappa shape index (κ1) is 21.2. The third-order valence-corrected chi connectivity index (χ3v) is 5.82. The van der Waals surface area contributed by atoms with Gasteiger partial charge in [-0.3, -0.25) is 18.7 Å². The number of nitrogens with two attached hydrogens (primary N) is 1. The topological polar surface area (TPSA) is 92.5 Å². The van der Waals surface area contributed by atoms with E-state index in [2.05, 4.69) is 10.2 Å². The highest BCUT2D eigenvalue weighted by molar-refractivity contribution is 7.83. The van der Waals surface area contributed by atoms with E-state index < -0.39 is 10.8 Å². The second-order valence-electron chi connectivity index (χ2n) is 7.55. The van der Waals surface area contributed by atoms with Gasteiger partial charge in [0.2, 0.25) is 5.91 Å². The zero-order valence-electron chi connectivity index (χ0n) is 16.6. The molecule has 29 heavy (non-hydrogen) atoms. The molecule has 6 nitrogen and oxygen atoms in total. The fourth-order valence-electron chi connectivity index (χ4n) is 3.62. The van der Waals surface area contributed by atoms with Gasteiger partial charge in [0.1, 0.15) is 0 Å². The second kappa shape index (κ2) is 9.80. The van der Waals surface area contributed by atoms with Gasteiger partial charge in [-0.2, -0.15) is 0 Å². The van der Waals surface area contributed by atoms with Crippen molar-refractivity contribution in [2.45, 2.75) is 25.1 Å². The molecule has 154 valence electrons. The number of likely N-dealkylation sites (tertiary alicyclic amines) is 1. The van der Waals surface area contributed by atoms with Crippen molar-refractivity contribution < 1.29 is 13.8 Å². The van der Waals surface area contributed by atoms with Crippen LogP contribution in [-0.2, 0) is 27.9 Å². The van der Waals surface area contributed by atoms with Gasteiger partial charge in [-0.25, -0.2) is 0 Å². The van der Waals surface area contributed by atoms with E-state index in [9.17, 15) is 13.8 Å². The van der Waals surface area contributed by atoms with Gasteiger partial charge in [0, 0.05) is 47.1 Å². The Morgan fingerprint density at radius 3 is 2.62 bits per heavy atom. The maximum atomic E-state index is 12.5. The average Bonchev–Trinajstić information content (AvgIpc) is 2.69. The Hall–Kier alpha value is -2.51. The summed E-state index contributed by atoms with van der Waals surface area (Å²) >= 11 is 0. The highest BCUT2D eigenvalue weighted by atomic mass is 32.2. The lowest BCUT2D eigenvalue weighted by Crippen LogP contribution is -2.40. The normalized spacial score (nSPS) is 18.2. The van der Waals surface area contributed by atoms with Crippen molar-refractivity contribution in [3.05, 3.63) is 65.2 Å². The van der Waals surface area contributed by atoms with E-state index in [0.29, 0.717) is 17.9 Å². The molecule has 1 aliphatic rings. The molecule has 3 rings (SSSR count). The molecule has 2 aromatic carbocycles. The molecule has 0 radical (unpaired) electrons. The van der Waals surface area contributed by atoms with Crippen LogP contribution >= 0.6 is 0 Å². The van der Waals surface area contributed by atoms with Crippen LogP contribution < -0.4 is 11.1 Å². The molecule has 0 bridgehead atoms. The summed E-state index contributed by atoms with van der Waals surface area (Å²) in [5.41, 5.74) is 8.72. The summed E-state index contributed by atoms with van der Waals surface area (Å²) < 4.78 is 11.4. The van der Waals surface area contributed by atoms with Crippen LogP contribution in [-0.4, -0.2) is 40.3 Å². The van der Waals surface area contributed by atoms with Gasteiger partial charge in [0.15, 0.2) is 0 Å². The summed E-state index contributed by atoms with van der Waals surface area (Å²) in [6.45, 7) is 2.42. The number of primary amides is 1. The van der Waals surface area contributed by atoms with Gasteiger partial charge >= 0.3 is 0 Å². The second-order valence-corrected chi connectivity index (χ2v) is 8.98. The molecular formula is C22H27N3O3S. The molecule has 7 heteroatoms. The predicted molar refractivity (Wildman–Crippen MR) is 116 cm³/mol. The van der Waals surface area contributed by atoms with Gasteiger partial charge < -0.3 is 11.1 Å². The van der Waals surface area contributed by atoms with Crippen molar-refractivity contribution in [3.8, 4) is 0 Å². The summed E-state index contributed by atoms with van der Waals surface area (Å²) in [5.74, 6) is -0.0461. The van der Waals surface area contributed by atoms with E-state index >= 15 is 0 Å². The number of piperidine rings is 1. The lowest BCUT2D eigenvalue weighted by atomic mass is 9.97. The summed E-state index contributed by atoms with van der Waals surface area (Å²) in [5, 5.41) is 2.90. The maximum Gasteiger partial charge on any atom is 0.255 e. The number of amides is 2. The van der Waals surface area contributed by atoms with E-state index in [4.69, 9.17) is 5.73 Å². The molecule has 2 amide bonds. The summed E-state index contributed by atoms with van der Waals surface area (Å²) in [7, 11) is -0.948. The Labute approximate surface area is 173 Å². The zero-order chi connectivity index (χ0) is 20.8. The Balaban J connectivity index is 1.58. The third kappa shape index (κ3) is 6.24. The summed E-state index contributed by atoms with van der Waals surface area (Å²) in [6.07, 6.45) is 3.49. The zero-order valence-corrected chi connectivity index (χ0v) is 17.4. The lowest BCUT2D eigenvalue weighted by Gasteiger charge is -2.31. The molecule has 1 aliphatic heterocycles. The minimum Gasteiger partial charge on any atom is -0.369 e. The molecule has 0 aliphatic carbocycles. The van der Waals surface area contributed by atoms with Crippen LogP contribution in [0.25, 0.3) is 0 Å². The van der Waals surface area contributed by atoms with Gasteiger partial charge in [0.05, 0.1) is 5.92 Å². The number of anilines is 1. The fourth-order valence-corrected chi connectivity index (χ4v) is 4.27. The van der Waals surface area contributed by atoms with Crippen LogP contribution in [0.1, 0.15) is 34.3 Å². The van der Waals surface area contributed by atoms with Crippen molar-refractivity contribution >= 4 is 28.3 Å². The van der Waals surface area contributed by atoms with Gasteiger partial charge in [-0.05, 0) is 54.8 Å². The number of benzene rings is 2. The predicted octanol–water partition coefficient (Wildman–Crippen LogP) is 2.51. The van der Waals surface area contributed by atoms with Gasteiger partial charge in [0.25, 0.3) is 5.91 Å². The van der Waals surface area contributed by atoms with Crippen molar-refractivity contribution in [3.63, 3.8) is 0 Å². The Morgan fingerprint density at radius 1 is 1.17 bits per heavy atom. The molecule has 2 aromatic rings. The number of rotatable bonds is 7. The molecule has 0 spiro atoms. The van der Waals surface area contributed by atoms with Crippen LogP contribution in [0.15, 0.2) is 48.5 Å². The molecule has 0 aromatic heterocycles. The van der Waals surface area contributed by atoms with Crippen LogP contribution in [0.2, 0.25) is 0 Å². The quantitative estimate of drug-likeness (QED) is 0.729. The number of nitrogens with zero attached hydrogens (tertiary/aromatic N) is 1. The largest absolute Gasteiger partial charge is 0.369 e. The van der Waals surface area contributed by atoms with E-state index in [-0.39, 0.29) is 17.7 Å². The first-order valence-electron chi connectivity index (χ1n) is 9.71. The average molecular weight is 414 g/mol. The maximum absolute atomic E-state index is 12.5. The third-order valence-electron chi connectivity index (χ3n) is 5.08. The minimum absolute atomic E-state index is 0.0665. The van der Waals surface area contributed by atoms with Gasteiger partial charge in [-0.15, -0.1) is 0 Å². The van der Waals surface area contributed by atoms with Gasteiger partial charge in [-0.1, -0.05) is 24.3 Å². The van der Waals surface area contributed by atoms with E-state index in [1.807, 2.05) is 30.3 Å². The van der Waals surface area contributed by atoms with E-state index in [0.717, 1.165) is 42.7 Å². The highest BCUT2D eigenvalue weighted by Crippen LogP contribution is 2.19. The standard InChI is InChI=1S/C22H27N3O3S/c1-29(28)15-17-4-2-5-18(12-17)22(27)24-20-9-7-16(8-10-20)13-25-11-3-6-19(14-25)21(23)26/h2,4-5,7-10,12,19H,3,6,11,13-15H2,1H3,(H2,23,26)(H,24,27). The number of carbonyl (C=O) groups excluding carboxylic acids is 2. The molecule has 1 fully saturated rings. The smallest absolute Gasteiger partial charge is 0.255 e. The number of hydrogen-bond acceptors (Lipinski definition) is 4. The van der Waals surface area contributed by atoms with Crippen LogP contribution in [0.3, 0.4) is 0 Å². The molecule has 2 unspecified atom stereocenters. The summed E-state index contributed by atoms with van der Waals surface area (Å²) in [6, 6.07) is 14.9. The fraction of sp³-hybridized carbons (Fsp3) is 0.364. The van der Waals surface area contributed by atoms with Crippen LogP contribution in [0, 0.1) is 5.92 Å². The Morgan fingerprint density at radius 2 is 1.93 bits per heavy atom. The highest BCUT2D eigenvalue weighted by Gasteiger charge is 2.23. The minimum atomic E-state index is -0.948. The van der Waals surface area contributed by atoms with E-state index in [1.54, 1.807) is 24.5 Å². The molecule has 2 atom stereocenters.